The fourth-order valence-corrected chi connectivity index (χ4v) is 1.43. The van der Waals surface area contributed by atoms with E-state index in [-0.39, 0.29) is 11.7 Å². The molecule has 20 heavy (non-hydrogen) atoms. The first-order chi connectivity index (χ1) is 9.11. The zero-order valence-corrected chi connectivity index (χ0v) is 10.7. The monoisotopic (exact) mass is 290 g/mol. The lowest BCUT2D eigenvalue weighted by Gasteiger charge is -2.14. The lowest BCUT2D eigenvalue weighted by Crippen LogP contribution is -2.34. The van der Waals surface area contributed by atoms with E-state index in [1.807, 2.05) is 0 Å². The number of aromatic carboxylic acids is 1. The third-order valence-electron chi connectivity index (χ3n) is 2.25. The van der Waals surface area contributed by atoms with Gasteiger partial charge in [0.1, 0.15) is 0 Å². The molecule has 8 heteroatoms. The average Bonchev–Trinajstić information content (AvgIpc) is 2.26. The van der Waals surface area contributed by atoms with Crippen molar-refractivity contribution < 1.29 is 27.9 Å². The van der Waals surface area contributed by atoms with Gasteiger partial charge in [-0.2, -0.15) is 13.2 Å². The molecule has 5 nitrogen and oxygen atoms in total. The molecule has 1 aromatic rings. The van der Waals surface area contributed by atoms with Crippen LogP contribution in [0.25, 0.3) is 0 Å². The van der Waals surface area contributed by atoms with Crippen molar-refractivity contribution in [2.75, 3.05) is 5.32 Å². The Labute approximate surface area is 112 Å². The summed E-state index contributed by atoms with van der Waals surface area (Å²) in [6, 6.07) is 1.21. The highest BCUT2D eigenvalue weighted by molar-refractivity contribution is 6.00. The Morgan fingerprint density at radius 2 is 1.85 bits per heavy atom. The van der Waals surface area contributed by atoms with Crippen LogP contribution in [0.15, 0.2) is 18.2 Å². The fraction of sp³-hybridized carbons (Fsp3) is 0.333. The molecular formula is C12H13F3N2O3. The number of carboxylic acid groups (broad SMARTS) is 1. The second kappa shape index (κ2) is 5.81. The van der Waals surface area contributed by atoms with Gasteiger partial charge >= 0.3 is 18.2 Å². The maximum Gasteiger partial charge on any atom is 0.416 e. The molecule has 3 N–H and O–H groups in total. The van der Waals surface area contributed by atoms with Gasteiger partial charge in [-0.15, -0.1) is 0 Å². The number of carbonyl (C=O) groups is 2. The van der Waals surface area contributed by atoms with Crippen LogP contribution in [0.5, 0.6) is 0 Å². The van der Waals surface area contributed by atoms with Crippen molar-refractivity contribution in [3.63, 3.8) is 0 Å². The predicted molar refractivity (Wildman–Crippen MR) is 65.7 cm³/mol. The van der Waals surface area contributed by atoms with Gasteiger partial charge in [-0.25, -0.2) is 9.59 Å². The number of halogens is 3. The number of rotatable bonds is 3. The smallest absolute Gasteiger partial charge is 0.416 e. The van der Waals surface area contributed by atoms with Gasteiger partial charge in [-0.05, 0) is 32.0 Å². The molecule has 2 amide bonds. The minimum Gasteiger partial charge on any atom is -0.478 e. The zero-order chi connectivity index (χ0) is 15.5. The number of benzene rings is 1. The molecule has 0 saturated carbocycles. The van der Waals surface area contributed by atoms with Crippen LogP contribution in [-0.4, -0.2) is 23.1 Å². The summed E-state index contributed by atoms with van der Waals surface area (Å²) in [5, 5.41) is 13.6. The lowest BCUT2D eigenvalue weighted by molar-refractivity contribution is -0.137. The summed E-state index contributed by atoms with van der Waals surface area (Å²) in [6.45, 7) is 3.37. The van der Waals surface area contributed by atoms with Gasteiger partial charge < -0.3 is 15.7 Å². The van der Waals surface area contributed by atoms with Crippen LogP contribution in [0.3, 0.4) is 0 Å². The Kier molecular flexibility index (Phi) is 4.59. The summed E-state index contributed by atoms with van der Waals surface area (Å²) in [5.74, 6) is -1.56. The molecule has 0 atom stereocenters. The van der Waals surface area contributed by atoms with Crippen molar-refractivity contribution >= 4 is 17.7 Å². The fourth-order valence-electron chi connectivity index (χ4n) is 1.43. The van der Waals surface area contributed by atoms with Crippen LogP contribution in [0.2, 0.25) is 0 Å². The van der Waals surface area contributed by atoms with Crippen molar-refractivity contribution in [1.82, 2.24) is 5.32 Å². The van der Waals surface area contributed by atoms with Gasteiger partial charge in [-0.3, -0.25) is 0 Å². The summed E-state index contributed by atoms with van der Waals surface area (Å²) < 4.78 is 37.5. The predicted octanol–water partition coefficient (Wildman–Crippen LogP) is 2.93. The molecule has 1 rings (SSSR count). The average molecular weight is 290 g/mol. The minimum absolute atomic E-state index is 0.197. The largest absolute Gasteiger partial charge is 0.478 e. The molecule has 0 radical (unpaired) electrons. The maximum absolute atomic E-state index is 12.5. The third-order valence-corrected chi connectivity index (χ3v) is 2.25. The molecule has 0 aliphatic heterocycles. The number of urea groups is 1. The molecule has 0 bridgehead atoms. The molecule has 110 valence electrons. The van der Waals surface area contributed by atoms with Crippen LogP contribution in [0.1, 0.15) is 29.8 Å². The van der Waals surface area contributed by atoms with Crippen molar-refractivity contribution in [2.45, 2.75) is 26.1 Å². The number of anilines is 1. The second-order valence-corrected chi connectivity index (χ2v) is 4.32. The number of carboxylic acids is 1. The molecular weight excluding hydrogens is 277 g/mol. The molecule has 0 aliphatic rings. The molecule has 0 saturated heterocycles. The summed E-state index contributed by atoms with van der Waals surface area (Å²) in [4.78, 5) is 22.4. The van der Waals surface area contributed by atoms with Crippen molar-refractivity contribution in [1.29, 1.82) is 0 Å². The summed E-state index contributed by atoms with van der Waals surface area (Å²) in [6.07, 6.45) is -4.65. The lowest BCUT2D eigenvalue weighted by atomic mass is 10.1. The van der Waals surface area contributed by atoms with Crippen LogP contribution < -0.4 is 10.6 Å². The Bertz CT molecular complexity index is 527. The van der Waals surface area contributed by atoms with Crippen LogP contribution in [0, 0.1) is 0 Å². The third kappa shape index (κ3) is 4.15. The zero-order valence-electron chi connectivity index (χ0n) is 10.7. The van der Waals surface area contributed by atoms with Gasteiger partial charge in [0, 0.05) is 6.04 Å². The van der Waals surface area contributed by atoms with Gasteiger partial charge in [0.15, 0.2) is 0 Å². The van der Waals surface area contributed by atoms with E-state index < -0.39 is 29.3 Å². The molecule has 0 fully saturated rings. The van der Waals surface area contributed by atoms with E-state index in [1.165, 1.54) is 0 Å². The Hall–Kier alpha value is -2.25. The Balaban J connectivity index is 3.08. The summed E-state index contributed by atoms with van der Waals surface area (Å²) in [5.41, 5.74) is -1.92. The molecule has 0 spiro atoms. The van der Waals surface area contributed by atoms with Gasteiger partial charge in [0.25, 0.3) is 0 Å². The first kappa shape index (κ1) is 15.8. The van der Waals surface area contributed by atoms with E-state index >= 15 is 0 Å². The van der Waals surface area contributed by atoms with E-state index in [0.29, 0.717) is 12.1 Å². The number of nitrogens with one attached hydrogen (secondary N) is 2. The summed E-state index contributed by atoms with van der Waals surface area (Å²) in [7, 11) is 0. The van der Waals surface area contributed by atoms with E-state index in [4.69, 9.17) is 5.11 Å². The van der Waals surface area contributed by atoms with Crippen LogP contribution in [0.4, 0.5) is 23.7 Å². The van der Waals surface area contributed by atoms with E-state index in [0.717, 1.165) is 6.07 Å². The van der Waals surface area contributed by atoms with Gasteiger partial charge in [0.2, 0.25) is 0 Å². The van der Waals surface area contributed by atoms with E-state index in [1.54, 1.807) is 13.8 Å². The first-order valence-corrected chi connectivity index (χ1v) is 5.63. The molecule has 1 aromatic carbocycles. The second-order valence-electron chi connectivity index (χ2n) is 4.32. The number of carbonyl (C=O) groups excluding carboxylic acids is 1. The van der Waals surface area contributed by atoms with Crippen molar-refractivity contribution in [2.24, 2.45) is 0 Å². The van der Waals surface area contributed by atoms with Crippen molar-refractivity contribution in [3.8, 4) is 0 Å². The van der Waals surface area contributed by atoms with Gasteiger partial charge in [0.05, 0.1) is 16.8 Å². The highest BCUT2D eigenvalue weighted by atomic mass is 19.4. The standard InChI is InChI=1S/C12H13F3N2O3/c1-6(2)16-11(20)17-9-4-3-7(12(13,14)15)5-8(9)10(18)19/h3-6H,1-2H3,(H,18,19)(H2,16,17,20). The van der Waals surface area contributed by atoms with Crippen LogP contribution in [-0.2, 0) is 6.18 Å². The maximum atomic E-state index is 12.5. The molecule has 0 aromatic heterocycles. The Morgan fingerprint density at radius 1 is 1.25 bits per heavy atom. The highest BCUT2D eigenvalue weighted by Gasteiger charge is 2.32. The summed E-state index contributed by atoms with van der Waals surface area (Å²) >= 11 is 0. The minimum atomic E-state index is -4.65. The quantitative estimate of drug-likeness (QED) is 0.800. The van der Waals surface area contributed by atoms with Crippen LogP contribution >= 0.6 is 0 Å². The SMILES string of the molecule is CC(C)NC(=O)Nc1ccc(C(F)(F)F)cc1C(=O)O. The topological polar surface area (TPSA) is 78.4 Å². The first-order valence-electron chi connectivity index (χ1n) is 5.63. The molecule has 0 heterocycles. The number of hydrogen-bond acceptors (Lipinski definition) is 2. The van der Waals surface area contributed by atoms with Gasteiger partial charge in [-0.1, -0.05) is 0 Å². The number of amides is 2. The van der Waals surface area contributed by atoms with Crippen molar-refractivity contribution in [3.05, 3.63) is 29.3 Å². The highest BCUT2D eigenvalue weighted by Crippen LogP contribution is 2.31. The Morgan fingerprint density at radius 3 is 2.30 bits per heavy atom. The number of alkyl halides is 3. The molecule has 0 unspecified atom stereocenters. The number of hydrogen-bond donors (Lipinski definition) is 3. The normalized spacial score (nSPS) is 11.3. The van der Waals surface area contributed by atoms with E-state index in [2.05, 4.69) is 10.6 Å². The van der Waals surface area contributed by atoms with E-state index in [9.17, 15) is 22.8 Å². The molecule has 0 aliphatic carbocycles.